The van der Waals surface area contributed by atoms with Crippen molar-refractivity contribution in [2.75, 3.05) is 6.54 Å². The Balaban J connectivity index is 2.68. The van der Waals surface area contributed by atoms with Gasteiger partial charge in [-0.25, -0.2) is 0 Å². The smallest absolute Gasteiger partial charge is 0.323 e. The van der Waals surface area contributed by atoms with E-state index in [2.05, 4.69) is 5.32 Å². The van der Waals surface area contributed by atoms with Crippen molar-refractivity contribution in [3.8, 4) is 0 Å². The Labute approximate surface area is 58.9 Å². The van der Waals surface area contributed by atoms with Crippen molar-refractivity contribution in [3.05, 3.63) is 0 Å². The lowest BCUT2D eigenvalue weighted by molar-refractivity contribution is -0.144. The minimum absolute atomic E-state index is 0.504. The Kier molecular flexibility index (Phi) is 1.66. The monoisotopic (exact) mass is 145 g/mol. The standard InChI is InChI=1S/C6H11NO3/c1-6(10)2-3-7-4(6)5(8)9/h4,7,10H,2-3H2,1H3,(H,8,9)/t4-,6?/m1/s1. The molecule has 1 heterocycles. The molecule has 0 bridgehead atoms. The molecule has 1 rings (SSSR count). The SMILES string of the molecule is CC1(O)CCN[C@@H]1C(=O)O. The summed E-state index contributed by atoms with van der Waals surface area (Å²) in [5, 5.41) is 20.6. The van der Waals surface area contributed by atoms with Gasteiger partial charge in [0.2, 0.25) is 0 Å². The fourth-order valence-electron chi connectivity index (χ4n) is 1.19. The van der Waals surface area contributed by atoms with Gasteiger partial charge >= 0.3 is 5.97 Å². The maximum absolute atomic E-state index is 10.4. The van der Waals surface area contributed by atoms with Gasteiger partial charge in [-0.1, -0.05) is 0 Å². The van der Waals surface area contributed by atoms with Crippen LogP contribution in [0, 0.1) is 0 Å². The zero-order chi connectivity index (χ0) is 7.78. The summed E-state index contributed by atoms with van der Waals surface area (Å²) in [5.74, 6) is -0.984. The van der Waals surface area contributed by atoms with Crippen LogP contribution in [0.5, 0.6) is 0 Å². The third-order valence-electron chi connectivity index (χ3n) is 1.85. The third-order valence-corrected chi connectivity index (χ3v) is 1.85. The molecule has 4 nitrogen and oxygen atoms in total. The summed E-state index contributed by atoms with van der Waals surface area (Å²) in [5.41, 5.74) is -1.08. The minimum atomic E-state index is -1.08. The summed E-state index contributed by atoms with van der Waals surface area (Å²) in [4.78, 5) is 10.4. The molecule has 10 heavy (non-hydrogen) atoms. The highest BCUT2D eigenvalue weighted by molar-refractivity contribution is 5.75. The molecule has 0 aromatic heterocycles. The van der Waals surface area contributed by atoms with E-state index in [4.69, 9.17) is 5.11 Å². The van der Waals surface area contributed by atoms with Crippen LogP contribution >= 0.6 is 0 Å². The Morgan fingerprint density at radius 3 is 2.60 bits per heavy atom. The Bertz CT molecular complexity index is 155. The number of hydrogen-bond acceptors (Lipinski definition) is 3. The molecule has 1 saturated heterocycles. The van der Waals surface area contributed by atoms with E-state index in [0.717, 1.165) is 0 Å². The summed E-state index contributed by atoms with van der Waals surface area (Å²) in [6.45, 7) is 2.11. The molecular formula is C6H11NO3. The highest BCUT2D eigenvalue weighted by Gasteiger charge is 2.41. The lowest BCUT2D eigenvalue weighted by Crippen LogP contribution is -2.46. The molecule has 1 fully saturated rings. The first-order valence-corrected chi connectivity index (χ1v) is 3.22. The number of carboxylic acids is 1. The van der Waals surface area contributed by atoms with Gasteiger partial charge in [0, 0.05) is 0 Å². The van der Waals surface area contributed by atoms with E-state index in [0.29, 0.717) is 13.0 Å². The van der Waals surface area contributed by atoms with E-state index in [1.807, 2.05) is 0 Å². The molecule has 1 unspecified atom stereocenters. The van der Waals surface area contributed by atoms with Gasteiger partial charge in [-0.3, -0.25) is 4.79 Å². The summed E-state index contributed by atoms with van der Waals surface area (Å²) >= 11 is 0. The number of nitrogens with one attached hydrogen (secondary N) is 1. The summed E-state index contributed by atoms with van der Waals surface area (Å²) in [6.07, 6.45) is 0.504. The van der Waals surface area contributed by atoms with Crippen LogP contribution in [0.3, 0.4) is 0 Å². The fourth-order valence-corrected chi connectivity index (χ4v) is 1.19. The number of hydrogen-bond donors (Lipinski definition) is 3. The second-order valence-corrected chi connectivity index (χ2v) is 2.83. The highest BCUT2D eigenvalue weighted by atomic mass is 16.4. The number of aliphatic carboxylic acids is 1. The summed E-state index contributed by atoms with van der Waals surface area (Å²) in [6, 6.07) is -0.799. The Hall–Kier alpha value is -0.610. The number of carbonyl (C=O) groups is 1. The molecule has 1 aliphatic rings. The van der Waals surface area contributed by atoms with Crippen molar-refractivity contribution in [2.45, 2.75) is 25.0 Å². The zero-order valence-electron chi connectivity index (χ0n) is 5.79. The molecule has 3 N–H and O–H groups in total. The van der Waals surface area contributed by atoms with Crippen LogP contribution < -0.4 is 5.32 Å². The second kappa shape index (κ2) is 2.21. The van der Waals surface area contributed by atoms with Crippen molar-refractivity contribution in [1.82, 2.24) is 5.32 Å². The zero-order valence-corrected chi connectivity index (χ0v) is 5.79. The highest BCUT2D eigenvalue weighted by Crippen LogP contribution is 2.19. The normalized spacial score (nSPS) is 40.0. The predicted molar refractivity (Wildman–Crippen MR) is 34.7 cm³/mol. The molecule has 1 aliphatic heterocycles. The van der Waals surface area contributed by atoms with Crippen molar-refractivity contribution in [3.63, 3.8) is 0 Å². The summed E-state index contributed by atoms with van der Waals surface area (Å²) < 4.78 is 0. The maximum Gasteiger partial charge on any atom is 0.323 e. The fraction of sp³-hybridized carbons (Fsp3) is 0.833. The molecule has 0 radical (unpaired) electrons. The Morgan fingerprint density at radius 2 is 2.40 bits per heavy atom. The predicted octanol–water partition coefficient (Wildman–Crippen LogP) is -0.816. The first-order chi connectivity index (χ1) is 4.54. The largest absolute Gasteiger partial charge is 0.480 e. The van der Waals surface area contributed by atoms with E-state index in [-0.39, 0.29) is 0 Å². The van der Waals surface area contributed by atoms with Crippen LogP contribution in [0.2, 0.25) is 0 Å². The molecule has 0 amide bonds. The van der Waals surface area contributed by atoms with Gasteiger partial charge in [0.05, 0.1) is 5.60 Å². The van der Waals surface area contributed by atoms with Crippen LogP contribution in [-0.4, -0.2) is 34.4 Å². The first kappa shape index (κ1) is 7.50. The Morgan fingerprint density at radius 1 is 1.80 bits per heavy atom. The minimum Gasteiger partial charge on any atom is -0.480 e. The van der Waals surface area contributed by atoms with E-state index >= 15 is 0 Å². The average Bonchev–Trinajstić information content (AvgIpc) is 2.08. The average molecular weight is 145 g/mol. The van der Waals surface area contributed by atoms with E-state index < -0.39 is 17.6 Å². The molecule has 0 aromatic carbocycles. The lowest BCUT2D eigenvalue weighted by Gasteiger charge is -2.20. The van der Waals surface area contributed by atoms with Gasteiger partial charge in [0.25, 0.3) is 0 Å². The van der Waals surface area contributed by atoms with Gasteiger partial charge in [0.15, 0.2) is 0 Å². The van der Waals surface area contributed by atoms with Gasteiger partial charge in [-0.15, -0.1) is 0 Å². The molecular weight excluding hydrogens is 134 g/mol. The lowest BCUT2D eigenvalue weighted by atomic mass is 9.98. The molecule has 0 aliphatic carbocycles. The molecule has 0 saturated carbocycles. The van der Waals surface area contributed by atoms with E-state index in [1.165, 1.54) is 6.92 Å². The molecule has 58 valence electrons. The molecule has 0 aromatic rings. The van der Waals surface area contributed by atoms with Gasteiger partial charge in [-0.2, -0.15) is 0 Å². The van der Waals surface area contributed by atoms with Gasteiger partial charge in [-0.05, 0) is 19.9 Å². The van der Waals surface area contributed by atoms with Crippen molar-refractivity contribution in [1.29, 1.82) is 0 Å². The van der Waals surface area contributed by atoms with Gasteiger partial charge in [0.1, 0.15) is 6.04 Å². The van der Waals surface area contributed by atoms with Crippen LogP contribution in [0.15, 0.2) is 0 Å². The summed E-state index contributed by atoms with van der Waals surface area (Å²) in [7, 11) is 0. The second-order valence-electron chi connectivity index (χ2n) is 2.83. The maximum atomic E-state index is 10.4. The number of carboxylic acid groups (broad SMARTS) is 1. The third kappa shape index (κ3) is 1.12. The number of aliphatic hydroxyl groups is 1. The molecule has 0 spiro atoms. The molecule has 2 atom stereocenters. The first-order valence-electron chi connectivity index (χ1n) is 3.22. The van der Waals surface area contributed by atoms with Crippen molar-refractivity contribution in [2.24, 2.45) is 0 Å². The van der Waals surface area contributed by atoms with Crippen LogP contribution in [0.25, 0.3) is 0 Å². The van der Waals surface area contributed by atoms with Crippen LogP contribution in [0.4, 0.5) is 0 Å². The van der Waals surface area contributed by atoms with E-state index in [9.17, 15) is 9.90 Å². The number of rotatable bonds is 1. The van der Waals surface area contributed by atoms with E-state index in [1.54, 1.807) is 0 Å². The van der Waals surface area contributed by atoms with Gasteiger partial charge < -0.3 is 15.5 Å². The van der Waals surface area contributed by atoms with Crippen LogP contribution in [-0.2, 0) is 4.79 Å². The quantitative estimate of drug-likeness (QED) is 0.451. The van der Waals surface area contributed by atoms with Crippen molar-refractivity contribution < 1.29 is 15.0 Å². The topological polar surface area (TPSA) is 69.6 Å². The van der Waals surface area contributed by atoms with Crippen molar-refractivity contribution >= 4 is 5.97 Å². The van der Waals surface area contributed by atoms with Crippen LogP contribution in [0.1, 0.15) is 13.3 Å². The molecule has 4 heteroatoms.